The summed E-state index contributed by atoms with van der Waals surface area (Å²) in [5, 5.41) is 19.1. The van der Waals surface area contributed by atoms with Crippen molar-refractivity contribution in [3.63, 3.8) is 0 Å². The Morgan fingerprint density at radius 3 is 1.06 bits per heavy atom. The molecular formula is C46H72O2SiZr-4. The van der Waals surface area contributed by atoms with Crippen LogP contribution in [-0.4, -0.2) is 17.1 Å². The summed E-state index contributed by atoms with van der Waals surface area (Å²) >= 11 is 1.36. The Morgan fingerprint density at radius 2 is 0.880 bits per heavy atom. The summed E-state index contributed by atoms with van der Waals surface area (Å²) in [5.74, 6) is 1.84. The van der Waals surface area contributed by atoms with E-state index in [-0.39, 0.29) is 25.7 Å². The third-order valence-electron chi connectivity index (χ3n) is 9.11. The Kier molecular flexibility index (Phi) is 24.0. The molecule has 2 aliphatic carbocycles. The number of allylic oxidation sites excluding steroid dienone is 8. The number of hydrogen-bond donors (Lipinski definition) is 2. The second-order valence-corrected chi connectivity index (χ2v) is 16.5. The third-order valence-corrected chi connectivity index (χ3v) is 9.11. The molecule has 2 aromatic rings. The average molecular weight is 776 g/mol. The standard InChI is InChI=1S/2C11H16O.2C11H17.2CH3.Si.Zr/c2*1-8-5-6-10(12)9(7-8)11(2,3)4;2*1-5-11(3,4)10-7-6-9(2)8-10;;;;/h2*5-7,12H,1-4H3;2*7-9H,5H2,1-4H3;2*1H3;;/q;;4*-1;;. The van der Waals surface area contributed by atoms with Gasteiger partial charge in [-0.05, 0) is 47.9 Å². The van der Waals surface area contributed by atoms with Gasteiger partial charge in [0.2, 0.25) is 0 Å². The number of benzene rings is 2. The van der Waals surface area contributed by atoms with Crippen molar-refractivity contribution >= 4 is 6.88 Å². The van der Waals surface area contributed by atoms with Crippen LogP contribution in [0.1, 0.15) is 132 Å². The van der Waals surface area contributed by atoms with Gasteiger partial charge >= 0.3 is 30.2 Å². The molecule has 4 rings (SSSR count). The minimum absolute atomic E-state index is 0. The van der Waals surface area contributed by atoms with Crippen LogP contribution in [0.2, 0.25) is 0 Å². The predicted molar refractivity (Wildman–Crippen MR) is 220 cm³/mol. The third kappa shape index (κ3) is 18.0. The molecule has 2 aliphatic rings. The first-order valence-electron chi connectivity index (χ1n) is 17.4. The Morgan fingerprint density at radius 1 is 0.600 bits per heavy atom. The van der Waals surface area contributed by atoms with E-state index in [2.05, 4.69) is 140 Å². The van der Waals surface area contributed by atoms with E-state index < -0.39 is 0 Å². The van der Waals surface area contributed by atoms with E-state index in [4.69, 9.17) is 0 Å². The topological polar surface area (TPSA) is 40.5 Å². The zero-order valence-electron chi connectivity index (χ0n) is 35.2. The summed E-state index contributed by atoms with van der Waals surface area (Å²) in [4.78, 5) is 0. The van der Waals surface area contributed by atoms with Crippen LogP contribution in [0.15, 0.2) is 71.8 Å². The molecule has 0 spiro atoms. The molecule has 2 nitrogen and oxygen atoms in total. The van der Waals surface area contributed by atoms with E-state index in [1.54, 1.807) is 12.1 Å². The normalized spacial score (nSPS) is 16.2. The Hall–Kier alpha value is -1.90. The molecular weight excluding hydrogens is 704 g/mol. The fraction of sp³-hybridized carbons (Fsp3) is 0.522. The monoisotopic (exact) mass is 774 g/mol. The first-order valence-corrected chi connectivity index (χ1v) is 21.6. The van der Waals surface area contributed by atoms with Gasteiger partial charge in [0.25, 0.3) is 0 Å². The molecule has 2 unspecified atom stereocenters. The van der Waals surface area contributed by atoms with Gasteiger partial charge in [-0.1, -0.05) is 168 Å². The molecule has 0 aromatic heterocycles. The van der Waals surface area contributed by atoms with Gasteiger partial charge in [0, 0.05) is 0 Å². The average Bonchev–Trinajstić information content (AvgIpc) is 3.65. The van der Waals surface area contributed by atoms with Gasteiger partial charge < -0.3 is 25.1 Å². The molecule has 2 atom stereocenters. The van der Waals surface area contributed by atoms with Gasteiger partial charge in [-0.15, -0.1) is 0 Å². The van der Waals surface area contributed by atoms with Crippen molar-refractivity contribution in [1.82, 2.24) is 0 Å². The SMILES string of the molecule is CCC(C)(C)C1=CC(C)[C-]=C1.CCC(C)(C)C1=CC(C)[C-]=C1.Cc1ccc(O)c(C(C)(C)C)c1.Cc1ccc(O)c(C(C)(C)C)c1.[CH3-].[CH3-].[Si]=[Zr]. The number of aryl methyl sites for hydroxylation is 2. The van der Waals surface area contributed by atoms with Gasteiger partial charge in [0.05, 0.1) is 0 Å². The van der Waals surface area contributed by atoms with Crippen LogP contribution in [0.5, 0.6) is 11.5 Å². The van der Waals surface area contributed by atoms with Crippen molar-refractivity contribution < 1.29 is 33.5 Å². The number of hydrogen-bond acceptors (Lipinski definition) is 2. The van der Waals surface area contributed by atoms with Crippen LogP contribution in [0.25, 0.3) is 0 Å². The Bertz CT molecular complexity index is 1300. The molecule has 280 valence electrons. The van der Waals surface area contributed by atoms with E-state index in [9.17, 15) is 10.2 Å². The van der Waals surface area contributed by atoms with Crippen molar-refractivity contribution in [3.05, 3.63) is 121 Å². The molecule has 0 bridgehead atoms. The van der Waals surface area contributed by atoms with Crippen molar-refractivity contribution in [1.29, 1.82) is 0 Å². The van der Waals surface area contributed by atoms with Gasteiger partial charge in [-0.25, -0.2) is 12.2 Å². The summed E-state index contributed by atoms with van der Waals surface area (Å²) in [6.07, 6.45) is 17.9. The zero-order chi connectivity index (χ0) is 37.7. The first-order chi connectivity index (χ1) is 21.9. The van der Waals surface area contributed by atoms with Crippen molar-refractivity contribution in [3.8, 4) is 11.5 Å². The minimum atomic E-state index is 0. The van der Waals surface area contributed by atoms with Crippen LogP contribution in [0.3, 0.4) is 0 Å². The second kappa shape index (κ2) is 22.9. The summed E-state index contributed by atoms with van der Waals surface area (Å²) in [6.45, 7) is 37.7. The van der Waals surface area contributed by atoms with E-state index in [1.165, 1.54) is 58.5 Å². The molecule has 0 saturated carbocycles. The Balaban J connectivity index is -0.000000572. The zero-order valence-corrected chi connectivity index (χ0v) is 38.7. The van der Waals surface area contributed by atoms with Crippen LogP contribution >= 0.6 is 0 Å². The van der Waals surface area contributed by atoms with E-state index in [0.29, 0.717) is 34.2 Å². The summed E-state index contributed by atoms with van der Waals surface area (Å²) in [7, 11) is 0. The number of rotatable bonds is 4. The molecule has 0 saturated heterocycles. The van der Waals surface area contributed by atoms with Crippen LogP contribution in [0, 0.1) is 63.5 Å². The first kappa shape index (κ1) is 52.5. The summed E-state index contributed by atoms with van der Waals surface area (Å²) in [6, 6.07) is 11.4. The van der Waals surface area contributed by atoms with Crippen molar-refractivity contribution in [2.24, 2.45) is 22.7 Å². The van der Waals surface area contributed by atoms with Gasteiger partial charge in [0.1, 0.15) is 11.5 Å². The quantitative estimate of drug-likeness (QED) is 0.240. The maximum atomic E-state index is 9.57. The van der Waals surface area contributed by atoms with Gasteiger partial charge in [0.15, 0.2) is 0 Å². The van der Waals surface area contributed by atoms with Crippen molar-refractivity contribution in [2.75, 3.05) is 0 Å². The summed E-state index contributed by atoms with van der Waals surface area (Å²) in [5.41, 5.74) is 8.06. The molecule has 0 amide bonds. The summed E-state index contributed by atoms with van der Waals surface area (Å²) < 4.78 is 0. The van der Waals surface area contributed by atoms with E-state index >= 15 is 0 Å². The van der Waals surface area contributed by atoms with Gasteiger partial charge in [-0.3, -0.25) is 12.2 Å². The molecule has 2 N–H and O–H groups in total. The number of aromatic hydroxyl groups is 2. The molecule has 0 heterocycles. The molecule has 0 aliphatic heterocycles. The molecule has 2 aromatic carbocycles. The molecule has 50 heavy (non-hydrogen) atoms. The molecule has 4 heteroatoms. The fourth-order valence-corrected chi connectivity index (χ4v) is 4.92. The van der Waals surface area contributed by atoms with E-state index in [0.717, 1.165) is 11.1 Å². The van der Waals surface area contributed by atoms with Crippen molar-refractivity contribution in [2.45, 2.75) is 134 Å². The number of phenolic OH excluding ortho intramolecular Hbond substituents is 2. The predicted octanol–water partition coefficient (Wildman–Crippen LogP) is 13.2. The van der Waals surface area contributed by atoms with E-state index in [1.807, 2.05) is 38.1 Å². The second-order valence-electron chi connectivity index (χ2n) is 16.5. The van der Waals surface area contributed by atoms with Crippen LogP contribution in [0.4, 0.5) is 0 Å². The van der Waals surface area contributed by atoms with Crippen LogP contribution in [-0.2, 0) is 34.2 Å². The molecule has 0 fully saturated rings. The van der Waals surface area contributed by atoms with Crippen LogP contribution < -0.4 is 0 Å². The molecule has 2 radical (unpaired) electrons. The Labute approximate surface area is 328 Å². The number of phenols is 2. The fourth-order valence-electron chi connectivity index (χ4n) is 4.92. The van der Waals surface area contributed by atoms with Gasteiger partial charge in [-0.2, -0.15) is 23.3 Å². The maximum absolute atomic E-state index is 9.57.